The van der Waals surface area contributed by atoms with Gasteiger partial charge in [0.05, 0.1) is 12.6 Å². The van der Waals surface area contributed by atoms with E-state index in [9.17, 15) is 13.6 Å². The highest BCUT2D eigenvalue weighted by Crippen LogP contribution is 2.30. The number of hydrogen-bond donors (Lipinski definition) is 1. The second-order valence-electron chi connectivity index (χ2n) is 7.30. The average Bonchev–Trinajstić information content (AvgIpc) is 2.48. The van der Waals surface area contributed by atoms with Crippen LogP contribution in [0.25, 0.3) is 0 Å². The van der Waals surface area contributed by atoms with E-state index >= 15 is 0 Å². The molecule has 2 atom stereocenters. The molecule has 1 fully saturated rings. The number of carbonyl (C=O) groups is 1. The molecule has 1 amide bonds. The Balaban J connectivity index is 1.97. The Bertz CT molecular complexity index is 558. The summed E-state index contributed by atoms with van der Waals surface area (Å²) >= 11 is 0. The quantitative estimate of drug-likeness (QED) is 0.905. The molecule has 0 saturated carbocycles. The summed E-state index contributed by atoms with van der Waals surface area (Å²) in [4.78, 5) is 13.1. The summed E-state index contributed by atoms with van der Waals surface area (Å²) in [6.45, 7) is 6.66. The number of halogens is 2. The number of nitrogens with one attached hydrogen (secondary N) is 1. The average molecular weight is 340 g/mol. The summed E-state index contributed by atoms with van der Waals surface area (Å²) in [7, 11) is 0. The molecule has 0 unspecified atom stereocenters. The Morgan fingerprint density at radius 1 is 1.33 bits per heavy atom. The van der Waals surface area contributed by atoms with Crippen molar-refractivity contribution in [3.8, 4) is 0 Å². The van der Waals surface area contributed by atoms with Crippen LogP contribution in [0.3, 0.4) is 0 Å². The zero-order valence-corrected chi connectivity index (χ0v) is 14.7. The maximum atomic E-state index is 14.5. The maximum Gasteiger partial charge on any atom is 0.410 e. The summed E-state index contributed by atoms with van der Waals surface area (Å²) in [6, 6.07) is 8.33. The fraction of sp³-hybridized carbons (Fsp3) is 0.611. The van der Waals surface area contributed by atoms with E-state index in [0.717, 1.165) is 10.5 Å². The molecule has 1 aromatic carbocycles. The van der Waals surface area contributed by atoms with Crippen LogP contribution in [0.2, 0.25) is 0 Å². The summed E-state index contributed by atoms with van der Waals surface area (Å²) in [5.74, 6) is -3.00. The summed E-state index contributed by atoms with van der Waals surface area (Å²) in [5, 5.41) is 3.00. The summed E-state index contributed by atoms with van der Waals surface area (Å²) in [6.07, 6.45) is -0.500. The number of carbonyl (C=O) groups excluding carboxylic acids is 1. The molecule has 1 heterocycles. The second kappa shape index (κ2) is 7.05. The number of benzene rings is 1. The molecule has 1 aliphatic heterocycles. The number of amides is 1. The molecule has 0 radical (unpaired) electrons. The molecular weight excluding hydrogens is 314 g/mol. The first-order chi connectivity index (χ1) is 11.1. The Morgan fingerprint density at radius 2 is 1.96 bits per heavy atom. The molecular formula is C18H26F2N2O2. The van der Waals surface area contributed by atoms with Gasteiger partial charge in [0.2, 0.25) is 0 Å². The van der Waals surface area contributed by atoms with Crippen LogP contribution in [0.1, 0.15) is 45.7 Å². The molecule has 134 valence electrons. The van der Waals surface area contributed by atoms with Crippen LogP contribution in [0, 0.1) is 0 Å². The van der Waals surface area contributed by atoms with Gasteiger partial charge in [0.1, 0.15) is 5.60 Å². The van der Waals surface area contributed by atoms with Crippen LogP contribution in [-0.4, -0.2) is 41.6 Å². The van der Waals surface area contributed by atoms with Crippen molar-refractivity contribution in [2.75, 3.05) is 13.1 Å². The van der Waals surface area contributed by atoms with Gasteiger partial charge < -0.3 is 15.0 Å². The van der Waals surface area contributed by atoms with E-state index in [1.807, 2.05) is 37.3 Å². The molecule has 1 N–H and O–H groups in total. The van der Waals surface area contributed by atoms with Crippen LogP contribution < -0.4 is 5.32 Å². The lowest BCUT2D eigenvalue weighted by Gasteiger charge is -2.40. The molecule has 1 saturated heterocycles. The molecule has 0 aromatic heterocycles. The third kappa shape index (κ3) is 4.90. The minimum absolute atomic E-state index is 0.184. The van der Waals surface area contributed by atoms with Crippen molar-refractivity contribution in [1.82, 2.24) is 10.2 Å². The predicted octanol–water partition coefficient (Wildman–Crippen LogP) is 3.98. The maximum absolute atomic E-state index is 14.5. The summed E-state index contributed by atoms with van der Waals surface area (Å²) < 4.78 is 34.1. The van der Waals surface area contributed by atoms with Crippen LogP contribution in [0.4, 0.5) is 13.6 Å². The number of ether oxygens (including phenoxy) is 1. The minimum atomic E-state index is -3.00. The Morgan fingerprint density at radius 3 is 2.50 bits per heavy atom. The van der Waals surface area contributed by atoms with Gasteiger partial charge in [0.25, 0.3) is 5.92 Å². The third-order valence-corrected chi connectivity index (χ3v) is 4.00. The van der Waals surface area contributed by atoms with Gasteiger partial charge >= 0.3 is 6.09 Å². The number of piperidine rings is 1. The van der Waals surface area contributed by atoms with Gasteiger partial charge in [0, 0.05) is 12.6 Å². The Labute approximate surface area is 142 Å². The van der Waals surface area contributed by atoms with Crippen LogP contribution in [-0.2, 0) is 4.74 Å². The van der Waals surface area contributed by atoms with Gasteiger partial charge in [-0.1, -0.05) is 30.3 Å². The zero-order valence-electron chi connectivity index (χ0n) is 14.7. The number of likely N-dealkylation sites (tertiary alicyclic amines) is 1. The van der Waals surface area contributed by atoms with Crippen molar-refractivity contribution >= 4 is 6.09 Å². The van der Waals surface area contributed by atoms with Gasteiger partial charge in [0.15, 0.2) is 0 Å². The fourth-order valence-corrected chi connectivity index (χ4v) is 2.77. The van der Waals surface area contributed by atoms with E-state index in [0.29, 0.717) is 0 Å². The highest BCUT2D eigenvalue weighted by atomic mass is 19.3. The molecule has 6 heteroatoms. The molecule has 0 bridgehead atoms. The standard InChI is InChI=1S/C18H26F2N2O2/c1-13(14-8-6-5-7-9-14)21-15-10-11-22(12-18(15,19)20)16(23)24-17(2,3)4/h5-9,13,15,21H,10-12H2,1-4H3/t13-,15+/m0/s1. The highest BCUT2D eigenvalue weighted by molar-refractivity contribution is 5.68. The van der Waals surface area contributed by atoms with Crippen molar-refractivity contribution in [2.24, 2.45) is 0 Å². The molecule has 0 aliphatic carbocycles. The van der Waals surface area contributed by atoms with E-state index in [1.165, 1.54) is 0 Å². The number of hydrogen-bond acceptors (Lipinski definition) is 3. The Hall–Kier alpha value is -1.69. The smallest absolute Gasteiger partial charge is 0.410 e. The lowest BCUT2D eigenvalue weighted by atomic mass is 9.98. The number of rotatable bonds is 3. The van der Waals surface area contributed by atoms with E-state index in [1.54, 1.807) is 20.8 Å². The zero-order chi connectivity index (χ0) is 18.0. The van der Waals surface area contributed by atoms with Gasteiger partial charge in [-0.05, 0) is 39.7 Å². The lowest BCUT2D eigenvalue weighted by molar-refractivity contribution is -0.0934. The van der Waals surface area contributed by atoms with E-state index in [2.05, 4.69) is 5.32 Å². The first-order valence-corrected chi connectivity index (χ1v) is 8.25. The van der Waals surface area contributed by atoms with Gasteiger partial charge in [-0.3, -0.25) is 0 Å². The summed E-state index contributed by atoms with van der Waals surface area (Å²) in [5.41, 5.74) is 0.270. The third-order valence-electron chi connectivity index (χ3n) is 4.00. The SMILES string of the molecule is C[C@H](N[C@@H]1CCN(C(=O)OC(C)(C)C)CC1(F)F)c1ccccc1. The number of nitrogens with zero attached hydrogens (tertiary/aromatic N) is 1. The van der Waals surface area contributed by atoms with Crippen LogP contribution >= 0.6 is 0 Å². The Kier molecular flexibility index (Phi) is 5.48. The van der Waals surface area contributed by atoms with Crippen molar-refractivity contribution in [1.29, 1.82) is 0 Å². The van der Waals surface area contributed by atoms with E-state index in [-0.39, 0.29) is 19.0 Å². The van der Waals surface area contributed by atoms with Crippen molar-refractivity contribution in [3.05, 3.63) is 35.9 Å². The minimum Gasteiger partial charge on any atom is -0.444 e. The normalized spacial score (nSPS) is 22.1. The molecule has 24 heavy (non-hydrogen) atoms. The first-order valence-electron chi connectivity index (χ1n) is 8.25. The molecule has 4 nitrogen and oxygen atoms in total. The topological polar surface area (TPSA) is 41.6 Å². The van der Waals surface area contributed by atoms with Crippen LogP contribution in [0.5, 0.6) is 0 Å². The van der Waals surface area contributed by atoms with Gasteiger partial charge in [-0.25, -0.2) is 13.6 Å². The molecule has 0 spiro atoms. The fourth-order valence-electron chi connectivity index (χ4n) is 2.77. The lowest BCUT2D eigenvalue weighted by Crippen LogP contribution is -2.59. The molecule has 1 aromatic rings. The number of alkyl halides is 2. The van der Waals surface area contributed by atoms with E-state index in [4.69, 9.17) is 4.74 Å². The van der Waals surface area contributed by atoms with Crippen molar-refractivity contribution < 1.29 is 18.3 Å². The van der Waals surface area contributed by atoms with Crippen molar-refractivity contribution in [2.45, 2.75) is 57.7 Å². The monoisotopic (exact) mass is 340 g/mol. The van der Waals surface area contributed by atoms with Gasteiger partial charge in [-0.15, -0.1) is 0 Å². The predicted molar refractivity (Wildman–Crippen MR) is 89.2 cm³/mol. The van der Waals surface area contributed by atoms with Crippen LogP contribution in [0.15, 0.2) is 30.3 Å². The van der Waals surface area contributed by atoms with Gasteiger partial charge in [-0.2, -0.15) is 0 Å². The van der Waals surface area contributed by atoms with Crippen molar-refractivity contribution in [3.63, 3.8) is 0 Å². The largest absolute Gasteiger partial charge is 0.444 e. The highest BCUT2D eigenvalue weighted by Gasteiger charge is 2.47. The second-order valence-corrected chi connectivity index (χ2v) is 7.30. The molecule has 2 rings (SSSR count). The first kappa shape index (κ1) is 18.6. The van der Waals surface area contributed by atoms with E-state index < -0.39 is 30.2 Å². The molecule has 1 aliphatic rings.